The zero-order valence-electron chi connectivity index (χ0n) is 11.8. The molecule has 0 spiro atoms. The Morgan fingerprint density at radius 2 is 1.95 bits per heavy atom. The number of hydrogen-bond acceptors (Lipinski definition) is 3. The average Bonchev–Trinajstić information content (AvgIpc) is 2.37. The summed E-state index contributed by atoms with van der Waals surface area (Å²) in [5, 5.41) is 2.78. The highest BCUT2D eigenvalue weighted by atomic mass is 16.5. The minimum atomic E-state index is -0.338. The maximum Gasteiger partial charge on any atom is 0.306 e. The fourth-order valence-corrected chi connectivity index (χ4v) is 1.84. The highest BCUT2D eigenvalue weighted by molar-refractivity contribution is 5.92. The number of esters is 1. The van der Waals surface area contributed by atoms with E-state index < -0.39 is 0 Å². The summed E-state index contributed by atoms with van der Waals surface area (Å²) in [5.74, 6) is -0.508. The number of ether oxygens (including phenoxy) is 1. The van der Waals surface area contributed by atoms with Crippen LogP contribution in [-0.2, 0) is 20.7 Å². The maximum atomic E-state index is 11.7. The molecular formula is C15H21NO3. The van der Waals surface area contributed by atoms with Crippen LogP contribution in [0.25, 0.3) is 0 Å². The Morgan fingerprint density at radius 1 is 1.21 bits per heavy atom. The Hall–Kier alpha value is -1.84. The van der Waals surface area contributed by atoms with Crippen molar-refractivity contribution >= 4 is 17.6 Å². The van der Waals surface area contributed by atoms with E-state index in [1.807, 2.05) is 25.1 Å². The molecule has 0 aliphatic rings. The summed E-state index contributed by atoms with van der Waals surface area (Å²) in [6, 6.07) is 5.84. The zero-order chi connectivity index (χ0) is 14.3. The van der Waals surface area contributed by atoms with E-state index in [-0.39, 0.29) is 24.7 Å². The third-order valence-electron chi connectivity index (χ3n) is 2.87. The quantitative estimate of drug-likeness (QED) is 0.803. The molecule has 1 aromatic carbocycles. The summed E-state index contributed by atoms with van der Waals surface area (Å²) in [6.45, 7) is 6.21. The van der Waals surface area contributed by atoms with Crippen LogP contribution in [0.4, 0.5) is 5.69 Å². The van der Waals surface area contributed by atoms with Crippen molar-refractivity contribution in [2.45, 2.75) is 40.0 Å². The first kappa shape index (κ1) is 15.2. The van der Waals surface area contributed by atoms with Gasteiger partial charge < -0.3 is 10.1 Å². The first-order valence-electron chi connectivity index (χ1n) is 6.61. The number of amides is 1. The van der Waals surface area contributed by atoms with Gasteiger partial charge in [0.05, 0.1) is 13.0 Å². The molecule has 1 aromatic rings. The van der Waals surface area contributed by atoms with E-state index >= 15 is 0 Å². The van der Waals surface area contributed by atoms with Crippen LogP contribution in [0.1, 0.15) is 37.8 Å². The monoisotopic (exact) mass is 263 g/mol. The van der Waals surface area contributed by atoms with Crippen molar-refractivity contribution in [2.75, 3.05) is 11.9 Å². The molecule has 1 amide bonds. The van der Waals surface area contributed by atoms with Crippen molar-refractivity contribution in [3.8, 4) is 0 Å². The van der Waals surface area contributed by atoms with E-state index in [0.29, 0.717) is 6.61 Å². The molecule has 1 rings (SSSR count). The SMILES string of the molecule is CCOC(=O)CCC(=O)Nc1ccc(CC)c(C)c1. The maximum absolute atomic E-state index is 11.7. The van der Waals surface area contributed by atoms with E-state index in [2.05, 4.69) is 12.2 Å². The molecule has 4 heteroatoms. The van der Waals surface area contributed by atoms with Crippen LogP contribution in [0.3, 0.4) is 0 Å². The van der Waals surface area contributed by atoms with E-state index in [0.717, 1.165) is 17.7 Å². The molecule has 104 valence electrons. The highest BCUT2D eigenvalue weighted by Crippen LogP contribution is 2.16. The van der Waals surface area contributed by atoms with Crippen LogP contribution in [0.15, 0.2) is 18.2 Å². The van der Waals surface area contributed by atoms with Crippen molar-refractivity contribution in [3.63, 3.8) is 0 Å². The molecular weight excluding hydrogens is 242 g/mol. The largest absolute Gasteiger partial charge is 0.466 e. The van der Waals surface area contributed by atoms with Gasteiger partial charge in [0.25, 0.3) is 0 Å². The van der Waals surface area contributed by atoms with Crippen molar-refractivity contribution in [1.82, 2.24) is 0 Å². The smallest absolute Gasteiger partial charge is 0.306 e. The Bertz CT molecular complexity index is 455. The summed E-state index contributed by atoms with van der Waals surface area (Å²) in [7, 11) is 0. The number of rotatable bonds is 6. The average molecular weight is 263 g/mol. The first-order valence-corrected chi connectivity index (χ1v) is 6.61. The van der Waals surface area contributed by atoms with E-state index in [9.17, 15) is 9.59 Å². The molecule has 0 aromatic heterocycles. The minimum Gasteiger partial charge on any atom is -0.466 e. The summed E-state index contributed by atoms with van der Waals surface area (Å²) in [5.41, 5.74) is 3.19. The van der Waals surface area contributed by atoms with Crippen LogP contribution in [0.5, 0.6) is 0 Å². The molecule has 0 aliphatic heterocycles. The Balaban J connectivity index is 2.48. The third kappa shape index (κ3) is 5.12. The number of hydrogen-bond donors (Lipinski definition) is 1. The van der Waals surface area contributed by atoms with Crippen LogP contribution >= 0.6 is 0 Å². The number of aryl methyl sites for hydroxylation is 2. The van der Waals surface area contributed by atoms with Gasteiger partial charge in [-0.15, -0.1) is 0 Å². The summed E-state index contributed by atoms with van der Waals surface area (Å²) < 4.78 is 4.77. The fraction of sp³-hybridized carbons (Fsp3) is 0.467. The van der Waals surface area contributed by atoms with Crippen molar-refractivity contribution in [2.24, 2.45) is 0 Å². The molecule has 0 atom stereocenters. The predicted octanol–water partition coefficient (Wildman–Crippen LogP) is 2.84. The Kier molecular flexibility index (Phi) is 6.06. The van der Waals surface area contributed by atoms with Gasteiger partial charge in [0.1, 0.15) is 0 Å². The molecule has 0 saturated carbocycles. The lowest BCUT2D eigenvalue weighted by Gasteiger charge is -2.08. The Morgan fingerprint density at radius 3 is 2.53 bits per heavy atom. The molecule has 19 heavy (non-hydrogen) atoms. The molecule has 4 nitrogen and oxygen atoms in total. The second kappa shape index (κ2) is 7.56. The molecule has 0 radical (unpaired) electrons. The van der Waals surface area contributed by atoms with E-state index in [1.165, 1.54) is 5.56 Å². The summed E-state index contributed by atoms with van der Waals surface area (Å²) >= 11 is 0. The van der Waals surface area contributed by atoms with Gasteiger partial charge in [0, 0.05) is 12.1 Å². The molecule has 0 aliphatic carbocycles. The number of carbonyl (C=O) groups is 2. The highest BCUT2D eigenvalue weighted by Gasteiger charge is 2.08. The lowest BCUT2D eigenvalue weighted by molar-refractivity contribution is -0.144. The number of carbonyl (C=O) groups excluding carboxylic acids is 2. The standard InChI is InChI=1S/C15H21NO3/c1-4-12-6-7-13(10-11(12)3)16-14(17)8-9-15(18)19-5-2/h6-7,10H,4-5,8-9H2,1-3H3,(H,16,17). The second-order valence-electron chi connectivity index (χ2n) is 4.35. The van der Waals surface area contributed by atoms with Gasteiger partial charge in [-0.05, 0) is 43.5 Å². The molecule has 1 N–H and O–H groups in total. The number of anilines is 1. The van der Waals surface area contributed by atoms with Crippen molar-refractivity contribution < 1.29 is 14.3 Å². The van der Waals surface area contributed by atoms with Crippen molar-refractivity contribution in [1.29, 1.82) is 0 Å². The van der Waals surface area contributed by atoms with Gasteiger partial charge in [-0.2, -0.15) is 0 Å². The first-order chi connectivity index (χ1) is 9.06. The summed E-state index contributed by atoms with van der Waals surface area (Å²) in [6.07, 6.45) is 1.24. The topological polar surface area (TPSA) is 55.4 Å². The van der Waals surface area contributed by atoms with Gasteiger partial charge in [-0.3, -0.25) is 9.59 Å². The Labute approximate surface area is 114 Å². The lowest BCUT2D eigenvalue weighted by Crippen LogP contribution is -2.14. The third-order valence-corrected chi connectivity index (χ3v) is 2.87. The predicted molar refractivity (Wildman–Crippen MR) is 75.1 cm³/mol. The fourth-order valence-electron chi connectivity index (χ4n) is 1.84. The lowest BCUT2D eigenvalue weighted by atomic mass is 10.1. The zero-order valence-corrected chi connectivity index (χ0v) is 11.8. The van der Waals surface area contributed by atoms with Crippen LogP contribution in [0.2, 0.25) is 0 Å². The molecule has 0 heterocycles. The van der Waals surface area contributed by atoms with Crippen LogP contribution in [0, 0.1) is 6.92 Å². The number of nitrogens with one attached hydrogen (secondary N) is 1. The molecule has 0 bridgehead atoms. The van der Waals surface area contributed by atoms with Crippen LogP contribution < -0.4 is 5.32 Å². The molecule has 0 saturated heterocycles. The van der Waals surface area contributed by atoms with Gasteiger partial charge in [-0.1, -0.05) is 13.0 Å². The summed E-state index contributed by atoms with van der Waals surface area (Å²) in [4.78, 5) is 22.8. The molecule has 0 fully saturated rings. The normalized spacial score (nSPS) is 10.1. The van der Waals surface area contributed by atoms with Crippen LogP contribution in [-0.4, -0.2) is 18.5 Å². The second-order valence-corrected chi connectivity index (χ2v) is 4.35. The van der Waals surface area contributed by atoms with Gasteiger partial charge in [-0.25, -0.2) is 0 Å². The number of benzene rings is 1. The molecule has 0 unspecified atom stereocenters. The van der Waals surface area contributed by atoms with E-state index in [1.54, 1.807) is 6.92 Å². The minimum absolute atomic E-state index is 0.117. The van der Waals surface area contributed by atoms with Crippen molar-refractivity contribution in [3.05, 3.63) is 29.3 Å². The van der Waals surface area contributed by atoms with Gasteiger partial charge >= 0.3 is 5.97 Å². The van der Waals surface area contributed by atoms with E-state index in [4.69, 9.17) is 4.74 Å². The van der Waals surface area contributed by atoms with Gasteiger partial charge in [0.15, 0.2) is 0 Å². The van der Waals surface area contributed by atoms with Gasteiger partial charge in [0.2, 0.25) is 5.91 Å².